The van der Waals surface area contributed by atoms with Crippen LogP contribution in [-0.4, -0.2) is 26.2 Å². The van der Waals surface area contributed by atoms with E-state index in [1.807, 2.05) is 24.3 Å². The van der Waals surface area contributed by atoms with Gasteiger partial charge in [-0.05, 0) is 54.7 Å². The number of anilines is 1. The van der Waals surface area contributed by atoms with E-state index in [0.717, 1.165) is 29.8 Å². The quantitative estimate of drug-likeness (QED) is 0.800. The van der Waals surface area contributed by atoms with Gasteiger partial charge < -0.3 is 9.64 Å². The Hall–Kier alpha value is -2.29. The second kappa shape index (κ2) is 6.22. The summed E-state index contributed by atoms with van der Waals surface area (Å²) in [5, 5.41) is 0. The summed E-state index contributed by atoms with van der Waals surface area (Å²) < 4.78 is 4.95. The van der Waals surface area contributed by atoms with Crippen molar-refractivity contribution in [2.24, 2.45) is 0 Å². The molecule has 3 rings (SSSR count). The fourth-order valence-electron chi connectivity index (χ4n) is 3.09. The Balaban J connectivity index is 2.12. The first-order valence-corrected chi connectivity index (χ1v) is 7.74. The molecule has 1 heterocycles. The van der Waals surface area contributed by atoms with E-state index in [1.54, 1.807) is 0 Å². The first-order chi connectivity index (χ1) is 10.7. The molecule has 0 bridgehead atoms. The Morgan fingerprint density at radius 1 is 1.05 bits per heavy atom. The minimum absolute atomic E-state index is 0.286. The summed E-state index contributed by atoms with van der Waals surface area (Å²) in [6.07, 6.45) is 2.47. The molecular weight excluding hydrogens is 274 g/mol. The van der Waals surface area contributed by atoms with Gasteiger partial charge in [0.05, 0.1) is 12.7 Å². The van der Waals surface area contributed by atoms with Crippen molar-refractivity contribution >= 4 is 11.7 Å². The maximum absolute atomic E-state index is 12.1. The average Bonchev–Trinajstić information content (AvgIpc) is 3.08. The topological polar surface area (TPSA) is 29.5 Å². The number of benzene rings is 2. The molecule has 3 heteroatoms. The van der Waals surface area contributed by atoms with E-state index < -0.39 is 0 Å². The van der Waals surface area contributed by atoms with Crippen LogP contribution in [0, 0.1) is 6.92 Å². The van der Waals surface area contributed by atoms with Crippen LogP contribution in [-0.2, 0) is 4.74 Å². The highest BCUT2D eigenvalue weighted by molar-refractivity contribution is 5.98. The van der Waals surface area contributed by atoms with Crippen molar-refractivity contribution in [3.8, 4) is 11.1 Å². The third-order valence-corrected chi connectivity index (χ3v) is 4.31. The number of ether oxygens (including phenoxy) is 1. The van der Waals surface area contributed by atoms with Crippen LogP contribution in [0.4, 0.5) is 5.69 Å². The molecule has 0 saturated carbocycles. The van der Waals surface area contributed by atoms with Gasteiger partial charge in [0.15, 0.2) is 0 Å². The van der Waals surface area contributed by atoms with E-state index in [2.05, 4.69) is 30.0 Å². The van der Waals surface area contributed by atoms with Crippen molar-refractivity contribution in [3.05, 3.63) is 53.6 Å². The average molecular weight is 295 g/mol. The maximum atomic E-state index is 12.1. The van der Waals surface area contributed by atoms with Crippen molar-refractivity contribution in [1.82, 2.24) is 0 Å². The molecule has 2 aromatic rings. The fourth-order valence-corrected chi connectivity index (χ4v) is 3.09. The SMILES string of the molecule is COC(=O)c1ccc(N2CCCC2)cc1-c1ccccc1C. The summed E-state index contributed by atoms with van der Waals surface area (Å²) >= 11 is 0. The molecule has 1 aliphatic rings. The summed E-state index contributed by atoms with van der Waals surface area (Å²) in [4.78, 5) is 14.5. The number of rotatable bonds is 3. The maximum Gasteiger partial charge on any atom is 0.338 e. The lowest BCUT2D eigenvalue weighted by molar-refractivity contribution is 0.0601. The molecule has 0 aromatic heterocycles. The van der Waals surface area contributed by atoms with Crippen LogP contribution < -0.4 is 4.90 Å². The molecule has 0 radical (unpaired) electrons. The number of carbonyl (C=O) groups excluding carboxylic acids is 1. The van der Waals surface area contributed by atoms with Crippen molar-refractivity contribution in [1.29, 1.82) is 0 Å². The van der Waals surface area contributed by atoms with E-state index in [9.17, 15) is 4.79 Å². The lowest BCUT2D eigenvalue weighted by Gasteiger charge is -2.20. The summed E-state index contributed by atoms with van der Waals surface area (Å²) in [6, 6.07) is 14.2. The number of hydrogen-bond donors (Lipinski definition) is 0. The molecule has 1 aliphatic heterocycles. The van der Waals surface area contributed by atoms with Crippen LogP contribution in [0.5, 0.6) is 0 Å². The Morgan fingerprint density at radius 3 is 2.45 bits per heavy atom. The van der Waals surface area contributed by atoms with Gasteiger partial charge in [-0.15, -0.1) is 0 Å². The normalized spacial score (nSPS) is 14.2. The number of nitrogens with zero attached hydrogens (tertiary/aromatic N) is 1. The highest BCUT2D eigenvalue weighted by Gasteiger charge is 2.18. The van der Waals surface area contributed by atoms with Gasteiger partial charge in [-0.25, -0.2) is 4.79 Å². The van der Waals surface area contributed by atoms with Gasteiger partial charge in [0.25, 0.3) is 0 Å². The molecule has 0 unspecified atom stereocenters. The predicted octanol–water partition coefficient (Wildman–Crippen LogP) is 4.05. The van der Waals surface area contributed by atoms with E-state index in [1.165, 1.54) is 25.6 Å². The van der Waals surface area contributed by atoms with Gasteiger partial charge in [0.1, 0.15) is 0 Å². The highest BCUT2D eigenvalue weighted by atomic mass is 16.5. The lowest BCUT2D eigenvalue weighted by Crippen LogP contribution is -2.18. The Morgan fingerprint density at radius 2 is 1.77 bits per heavy atom. The first kappa shape index (κ1) is 14.6. The molecule has 3 nitrogen and oxygen atoms in total. The van der Waals surface area contributed by atoms with Crippen molar-refractivity contribution < 1.29 is 9.53 Å². The van der Waals surface area contributed by atoms with Crippen LogP contribution >= 0.6 is 0 Å². The third kappa shape index (κ3) is 2.71. The Kier molecular flexibility index (Phi) is 4.14. The Bertz CT molecular complexity index is 688. The van der Waals surface area contributed by atoms with E-state index in [-0.39, 0.29) is 5.97 Å². The van der Waals surface area contributed by atoms with E-state index in [4.69, 9.17) is 4.74 Å². The smallest absolute Gasteiger partial charge is 0.338 e. The van der Waals surface area contributed by atoms with E-state index in [0.29, 0.717) is 5.56 Å². The minimum Gasteiger partial charge on any atom is -0.465 e. The number of methoxy groups -OCH3 is 1. The molecule has 0 amide bonds. The van der Waals surface area contributed by atoms with Crippen LogP contribution in [0.25, 0.3) is 11.1 Å². The molecule has 1 saturated heterocycles. The number of hydrogen-bond acceptors (Lipinski definition) is 3. The zero-order valence-corrected chi connectivity index (χ0v) is 13.1. The highest BCUT2D eigenvalue weighted by Crippen LogP contribution is 2.32. The van der Waals surface area contributed by atoms with Crippen LogP contribution in [0.2, 0.25) is 0 Å². The first-order valence-electron chi connectivity index (χ1n) is 7.74. The second-order valence-corrected chi connectivity index (χ2v) is 5.73. The van der Waals surface area contributed by atoms with Gasteiger partial charge in [-0.1, -0.05) is 24.3 Å². The molecule has 2 aromatic carbocycles. The molecule has 0 spiro atoms. The molecular formula is C19H21NO2. The standard InChI is InChI=1S/C19H21NO2/c1-14-7-3-4-8-16(14)18-13-15(20-11-5-6-12-20)9-10-17(18)19(21)22-2/h3-4,7-10,13H,5-6,11-12H2,1-2H3. The summed E-state index contributed by atoms with van der Waals surface area (Å²) in [5.74, 6) is -0.286. The zero-order chi connectivity index (χ0) is 15.5. The molecule has 22 heavy (non-hydrogen) atoms. The summed E-state index contributed by atoms with van der Waals surface area (Å²) in [6.45, 7) is 4.24. The molecule has 0 aliphatic carbocycles. The second-order valence-electron chi connectivity index (χ2n) is 5.73. The fraction of sp³-hybridized carbons (Fsp3) is 0.316. The minimum atomic E-state index is -0.286. The van der Waals surface area contributed by atoms with Gasteiger partial charge in [0, 0.05) is 18.8 Å². The number of aryl methyl sites for hydroxylation is 1. The lowest BCUT2D eigenvalue weighted by atomic mass is 9.95. The van der Waals surface area contributed by atoms with Crippen molar-refractivity contribution in [3.63, 3.8) is 0 Å². The van der Waals surface area contributed by atoms with Gasteiger partial charge in [-0.3, -0.25) is 0 Å². The largest absolute Gasteiger partial charge is 0.465 e. The van der Waals surface area contributed by atoms with Crippen LogP contribution in [0.1, 0.15) is 28.8 Å². The van der Waals surface area contributed by atoms with Crippen LogP contribution in [0.15, 0.2) is 42.5 Å². The number of esters is 1. The number of carbonyl (C=O) groups is 1. The van der Waals surface area contributed by atoms with Gasteiger partial charge in [-0.2, -0.15) is 0 Å². The van der Waals surface area contributed by atoms with Crippen LogP contribution in [0.3, 0.4) is 0 Å². The predicted molar refractivity (Wildman–Crippen MR) is 89.4 cm³/mol. The van der Waals surface area contributed by atoms with Gasteiger partial charge in [0.2, 0.25) is 0 Å². The summed E-state index contributed by atoms with van der Waals surface area (Å²) in [5.41, 5.74) is 5.01. The molecule has 1 fully saturated rings. The van der Waals surface area contributed by atoms with Gasteiger partial charge >= 0.3 is 5.97 Å². The van der Waals surface area contributed by atoms with E-state index >= 15 is 0 Å². The molecule has 0 N–H and O–H groups in total. The van der Waals surface area contributed by atoms with Crippen molar-refractivity contribution in [2.45, 2.75) is 19.8 Å². The zero-order valence-electron chi connectivity index (χ0n) is 13.1. The third-order valence-electron chi connectivity index (χ3n) is 4.31. The Labute approximate surface area is 131 Å². The van der Waals surface area contributed by atoms with Crippen molar-refractivity contribution in [2.75, 3.05) is 25.1 Å². The summed E-state index contributed by atoms with van der Waals surface area (Å²) in [7, 11) is 1.43. The molecule has 0 atom stereocenters. The molecule has 114 valence electrons. The monoisotopic (exact) mass is 295 g/mol.